The van der Waals surface area contributed by atoms with Crippen LogP contribution in [0.1, 0.15) is 22.5 Å². The lowest BCUT2D eigenvalue weighted by Gasteiger charge is -2.03. The van der Waals surface area contributed by atoms with Gasteiger partial charge in [-0.3, -0.25) is 9.59 Å². The van der Waals surface area contributed by atoms with Crippen LogP contribution in [0.25, 0.3) is 11.3 Å². The Balaban J connectivity index is 0.000000675. The molecule has 0 aliphatic heterocycles. The zero-order valence-electron chi connectivity index (χ0n) is 17.5. The van der Waals surface area contributed by atoms with Gasteiger partial charge in [-0.2, -0.15) is 13.2 Å². The number of benzene rings is 1. The van der Waals surface area contributed by atoms with Gasteiger partial charge in [0.05, 0.1) is 13.5 Å². The lowest BCUT2D eigenvalue weighted by molar-refractivity contribution is -0.192. The summed E-state index contributed by atoms with van der Waals surface area (Å²) in [4.78, 5) is 31.5. The van der Waals surface area contributed by atoms with E-state index in [0.717, 1.165) is 11.3 Å². The molecule has 1 aromatic heterocycles. The molecule has 1 aromatic carbocycles. The van der Waals surface area contributed by atoms with Crippen LogP contribution in [0.15, 0.2) is 28.8 Å². The maximum absolute atomic E-state index is 12.2. The van der Waals surface area contributed by atoms with Gasteiger partial charge in [-0.1, -0.05) is 26.7 Å². The standard InChI is InChI=1S/C17H20N2O5S2.C2HF3O2/c1-11-15(17(22)18-8-10-26-25-9-7-14(20)21)19-24-16(11)12-3-5-13(23-2)6-4-12;3-2(4,5)1(6)7/h3-6H,7-10H2,1-2H3,(H,18,22)(H,20,21);(H,6,7). The number of carbonyl (C=O) groups is 3. The van der Waals surface area contributed by atoms with Gasteiger partial charge >= 0.3 is 18.1 Å². The largest absolute Gasteiger partial charge is 0.497 e. The monoisotopic (exact) mass is 510 g/mol. The molecule has 1 amide bonds. The summed E-state index contributed by atoms with van der Waals surface area (Å²) in [5.41, 5.74) is 1.76. The summed E-state index contributed by atoms with van der Waals surface area (Å²) in [5.74, 6) is -1.34. The van der Waals surface area contributed by atoms with E-state index < -0.39 is 18.1 Å². The Labute approximate surface area is 194 Å². The van der Waals surface area contributed by atoms with E-state index in [1.54, 1.807) is 14.0 Å². The SMILES string of the molecule is COc1ccc(-c2onc(C(=O)NCCSSCCC(=O)O)c2C)cc1.O=C(O)C(F)(F)F. The molecule has 0 bridgehead atoms. The highest BCUT2D eigenvalue weighted by Gasteiger charge is 2.38. The second-order valence-electron chi connectivity index (χ2n) is 6.06. The first kappa shape index (κ1) is 28.2. The molecule has 3 N–H and O–H groups in total. The number of carbonyl (C=O) groups excluding carboxylic acids is 1. The van der Waals surface area contributed by atoms with Crippen molar-refractivity contribution in [1.82, 2.24) is 10.5 Å². The molecule has 0 saturated heterocycles. The number of methoxy groups -OCH3 is 1. The van der Waals surface area contributed by atoms with Crippen LogP contribution in [0.2, 0.25) is 0 Å². The van der Waals surface area contributed by atoms with Crippen molar-refractivity contribution in [2.45, 2.75) is 19.5 Å². The number of alkyl halides is 3. The lowest BCUT2D eigenvalue weighted by atomic mass is 10.1. The number of aromatic nitrogens is 1. The zero-order chi connectivity index (χ0) is 25.0. The Hall–Kier alpha value is -2.87. The number of nitrogens with zero attached hydrogens (tertiary/aromatic N) is 1. The number of amides is 1. The summed E-state index contributed by atoms with van der Waals surface area (Å²) in [7, 11) is 4.60. The van der Waals surface area contributed by atoms with Crippen LogP contribution in [0.4, 0.5) is 13.2 Å². The first-order valence-electron chi connectivity index (χ1n) is 9.12. The van der Waals surface area contributed by atoms with E-state index in [1.165, 1.54) is 21.6 Å². The third-order valence-electron chi connectivity index (χ3n) is 3.69. The Bertz CT molecular complexity index is 934. The molecule has 0 aliphatic carbocycles. The van der Waals surface area contributed by atoms with E-state index in [4.69, 9.17) is 24.3 Å². The molecule has 0 fully saturated rings. The van der Waals surface area contributed by atoms with Crippen LogP contribution in [0.5, 0.6) is 5.75 Å². The fraction of sp³-hybridized carbons (Fsp3) is 0.368. The van der Waals surface area contributed by atoms with Gasteiger partial charge in [0.1, 0.15) is 5.75 Å². The molecule has 33 heavy (non-hydrogen) atoms. The van der Waals surface area contributed by atoms with E-state index in [2.05, 4.69) is 10.5 Å². The van der Waals surface area contributed by atoms with Crippen LogP contribution < -0.4 is 10.1 Å². The van der Waals surface area contributed by atoms with Gasteiger partial charge in [-0.05, 0) is 31.2 Å². The molecule has 182 valence electrons. The number of carboxylic acids is 2. The summed E-state index contributed by atoms with van der Waals surface area (Å²) in [6.45, 7) is 2.26. The normalized spacial score (nSPS) is 10.7. The first-order valence-corrected chi connectivity index (χ1v) is 11.6. The zero-order valence-corrected chi connectivity index (χ0v) is 19.1. The fourth-order valence-corrected chi connectivity index (χ4v) is 3.98. The molecule has 9 nitrogen and oxygen atoms in total. The maximum Gasteiger partial charge on any atom is 0.490 e. The molecule has 0 aliphatic rings. The average molecular weight is 511 g/mol. The molecule has 2 rings (SSSR count). The Kier molecular flexibility index (Phi) is 11.6. The highest BCUT2D eigenvalue weighted by atomic mass is 33.1. The average Bonchev–Trinajstić information content (AvgIpc) is 3.14. The lowest BCUT2D eigenvalue weighted by Crippen LogP contribution is -2.26. The van der Waals surface area contributed by atoms with Crippen molar-refractivity contribution >= 4 is 39.4 Å². The third-order valence-corrected chi connectivity index (χ3v) is 6.10. The molecule has 0 atom stereocenters. The molecule has 0 radical (unpaired) electrons. The number of hydrogen-bond acceptors (Lipinski definition) is 8. The maximum atomic E-state index is 12.2. The van der Waals surface area contributed by atoms with Crippen LogP contribution in [0, 0.1) is 6.92 Å². The minimum Gasteiger partial charge on any atom is -0.497 e. The van der Waals surface area contributed by atoms with Crippen molar-refractivity contribution in [3.8, 4) is 17.1 Å². The van der Waals surface area contributed by atoms with Gasteiger partial charge < -0.3 is 24.8 Å². The van der Waals surface area contributed by atoms with Crippen molar-refractivity contribution in [2.75, 3.05) is 25.2 Å². The number of nitrogens with one attached hydrogen (secondary N) is 1. The Morgan fingerprint density at radius 3 is 2.21 bits per heavy atom. The van der Waals surface area contributed by atoms with E-state index in [-0.39, 0.29) is 18.0 Å². The number of hydrogen-bond donors (Lipinski definition) is 3. The van der Waals surface area contributed by atoms with Gasteiger partial charge in [0.25, 0.3) is 5.91 Å². The van der Waals surface area contributed by atoms with E-state index in [9.17, 15) is 22.8 Å². The Morgan fingerprint density at radius 1 is 1.12 bits per heavy atom. The van der Waals surface area contributed by atoms with Gasteiger partial charge in [-0.15, -0.1) is 0 Å². The number of halogens is 3. The van der Waals surface area contributed by atoms with Crippen molar-refractivity contribution in [1.29, 1.82) is 0 Å². The minimum absolute atomic E-state index is 0.135. The quantitative estimate of drug-likeness (QED) is 0.319. The van der Waals surface area contributed by atoms with Crippen molar-refractivity contribution < 1.29 is 47.0 Å². The van der Waals surface area contributed by atoms with Gasteiger partial charge in [0.2, 0.25) is 0 Å². The predicted molar refractivity (Wildman–Crippen MR) is 116 cm³/mol. The Morgan fingerprint density at radius 2 is 1.70 bits per heavy atom. The van der Waals surface area contributed by atoms with E-state index in [1.807, 2.05) is 24.3 Å². The van der Waals surface area contributed by atoms with Crippen molar-refractivity contribution in [3.63, 3.8) is 0 Å². The number of rotatable bonds is 10. The molecule has 0 spiro atoms. The minimum atomic E-state index is -5.08. The summed E-state index contributed by atoms with van der Waals surface area (Å²) in [6.07, 6.45) is -4.95. The summed E-state index contributed by atoms with van der Waals surface area (Å²) < 4.78 is 42.2. The highest BCUT2D eigenvalue weighted by Crippen LogP contribution is 2.27. The highest BCUT2D eigenvalue weighted by molar-refractivity contribution is 8.76. The van der Waals surface area contributed by atoms with Crippen molar-refractivity contribution in [3.05, 3.63) is 35.5 Å². The molecule has 0 unspecified atom stereocenters. The second-order valence-corrected chi connectivity index (χ2v) is 8.76. The number of ether oxygens (including phenoxy) is 1. The van der Waals surface area contributed by atoms with Crippen LogP contribution in [-0.2, 0) is 9.59 Å². The van der Waals surface area contributed by atoms with E-state index in [0.29, 0.717) is 29.4 Å². The number of aliphatic carboxylic acids is 2. The van der Waals surface area contributed by atoms with Crippen LogP contribution in [0.3, 0.4) is 0 Å². The van der Waals surface area contributed by atoms with Gasteiger partial charge in [0.15, 0.2) is 11.5 Å². The fourth-order valence-electron chi connectivity index (χ4n) is 2.10. The first-order chi connectivity index (χ1) is 15.5. The predicted octanol–water partition coefficient (Wildman–Crippen LogP) is 3.88. The molecule has 1 heterocycles. The summed E-state index contributed by atoms with van der Waals surface area (Å²) in [5, 5.41) is 22.4. The van der Waals surface area contributed by atoms with Gasteiger partial charge in [-0.25, -0.2) is 4.79 Å². The molecular formula is C19H21F3N2O7S2. The smallest absolute Gasteiger partial charge is 0.490 e. The molecule has 2 aromatic rings. The third kappa shape index (κ3) is 10.1. The molecule has 0 saturated carbocycles. The molecule has 14 heteroatoms. The van der Waals surface area contributed by atoms with E-state index >= 15 is 0 Å². The van der Waals surface area contributed by atoms with Gasteiger partial charge in [0, 0.05) is 29.2 Å². The topological polar surface area (TPSA) is 139 Å². The second kappa shape index (κ2) is 13.6. The number of carboxylic acid groups (broad SMARTS) is 2. The summed E-state index contributed by atoms with van der Waals surface area (Å²) in [6, 6.07) is 7.32. The summed E-state index contributed by atoms with van der Waals surface area (Å²) >= 11 is 0. The molecular weight excluding hydrogens is 489 g/mol. The van der Waals surface area contributed by atoms with Crippen LogP contribution >= 0.6 is 21.6 Å². The van der Waals surface area contributed by atoms with Crippen LogP contribution in [-0.4, -0.2) is 64.6 Å². The van der Waals surface area contributed by atoms with Crippen molar-refractivity contribution in [2.24, 2.45) is 0 Å².